The lowest BCUT2D eigenvalue weighted by Crippen LogP contribution is -2.30. The fourth-order valence-corrected chi connectivity index (χ4v) is 3.08. The number of rotatable bonds is 2. The van der Waals surface area contributed by atoms with E-state index in [1.165, 1.54) is 5.69 Å². The Kier molecular flexibility index (Phi) is 3.06. The lowest BCUT2D eigenvalue weighted by atomic mass is 9.93. The van der Waals surface area contributed by atoms with E-state index in [0.29, 0.717) is 10.6 Å². The molecule has 0 saturated carbocycles. The normalized spacial score (nSPS) is 18.1. The first kappa shape index (κ1) is 12.3. The number of hydrogen-bond donors (Lipinski definition) is 1. The van der Waals surface area contributed by atoms with E-state index in [4.69, 9.17) is 0 Å². The Morgan fingerprint density at radius 3 is 3.16 bits per heavy atom. The van der Waals surface area contributed by atoms with Crippen LogP contribution in [-0.4, -0.2) is 25.3 Å². The number of amides is 1. The van der Waals surface area contributed by atoms with Crippen LogP contribution in [0.15, 0.2) is 6.20 Å². The molecular weight excluding hydrogens is 262 g/mol. The minimum absolute atomic E-state index is 0.0476. The van der Waals surface area contributed by atoms with Gasteiger partial charge in [-0.3, -0.25) is 9.48 Å². The molecule has 0 aromatic carbocycles. The summed E-state index contributed by atoms with van der Waals surface area (Å²) < 4.78 is 5.69. The van der Waals surface area contributed by atoms with Crippen LogP contribution < -0.4 is 5.32 Å². The molecule has 0 spiro atoms. The number of carbonyl (C=O) groups excluding carboxylic acids is 1. The molecule has 7 heteroatoms. The molecule has 19 heavy (non-hydrogen) atoms. The largest absolute Gasteiger partial charge is 0.344 e. The van der Waals surface area contributed by atoms with E-state index in [9.17, 15) is 4.79 Å². The van der Waals surface area contributed by atoms with Crippen molar-refractivity contribution in [1.82, 2.24) is 24.7 Å². The Morgan fingerprint density at radius 2 is 2.42 bits per heavy atom. The first-order valence-corrected chi connectivity index (χ1v) is 7.04. The molecule has 2 aromatic heterocycles. The topological polar surface area (TPSA) is 72.7 Å². The first-order chi connectivity index (χ1) is 9.16. The molecule has 100 valence electrons. The molecule has 1 aliphatic carbocycles. The summed E-state index contributed by atoms with van der Waals surface area (Å²) in [5.41, 5.74) is 3.04. The number of aryl methyl sites for hydroxylation is 2. The van der Waals surface area contributed by atoms with Gasteiger partial charge in [0, 0.05) is 18.3 Å². The zero-order valence-corrected chi connectivity index (χ0v) is 11.7. The molecule has 0 bridgehead atoms. The lowest BCUT2D eigenvalue weighted by Gasteiger charge is -2.23. The van der Waals surface area contributed by atoms with Crippen LogP contribution in [0.2, 0.25) is 0 Å². The van der Waals surface area contributed by atoms with Crippen molar-refractivity contribution in [2.24, 2.45) is 7.05 Å². The number of carbonyl (C=O) groups is 1. The minimum atomic E-state index is -0.0887. The number of nitrogens with zero attached hydrogens (tertiary/aromatic N) is 4. The summed E-state index contributed by atoms with van der Waals surface area (Å²) in [6.45, 7) is 1.80. The van der Waals surface area contributed by atoms with Gasteiger partial charge in [0.05, 0.1) is 17.9 Å². The van der Waals surface area contributed by atoms with Crippen LogP contribution in [0.1, 0.15) is 45.5 Å². The molecule has 1 atom stereocenters. The second-order valence-corrected chi connectivity index (χ2v) is 5.53. The van der Waals surface area contributed by atoms with Crippen molar-refractivity contribution in [1.29, 1.82) is 0 Å². The molecule has 2 heterocycles. The third-order valence-corrected chi connectivity index (χ3v) is 4.37. The van der Waals surface area contributed by atoms with Gasteiger partial charge in [-0.1, -0.05) is 4.49 Å². The van der Waals surface area contributed by atoms with Crippen molar-refractivity contribution in [3.63, 3.8) is 0 Å². The van der Waals surface area contributed by atoms with Crippen LogP contribution >= 0.6 is 11.5 Å². The molecule has 2 aromatic rings. The van der Waals surface area contributed by atoms with E-state index in [1.54, 1.807) is 6.92 Å². The monoisotopic (exact) mass is 277 g/mol. The molecule has 0 unspecified atom stereocenters. The Labute approximate surface area is 115 Å². The zero-order valence-electron chi connectivity index (χ0n) is 10.9. The SMILES string of the molecule is Cc1nnsc1C(=O)N[C@H]1CCCc2c1cnn2C. The Hall–Kier alpha value is -1.76. The van der Waals surface area contributed by atoms with Gasteiger partial charge in [0.25, 0.3) is 5.91 Å². The van der Waals surface area contributed by atoms with Crippen LogP contribution in [0.3, 0.4) is 0 Å². The highest BCUT2D eigenvalue weighted by Crippen LogP contribution is 2.29. The molecule has 6 nitrogen and oxygen atoms in total. The second kappa shape index (κ2) is 4.73. The maximum absolute atomic E-state index is 12.2. The van der Waals surface area contributed by atoms with Crippen molar-refractivity contribution in [2.45, 2.75) is 32.2 Å². The van der Waals surface area contributed by atoms with Crippen molar-refractivity contribution in [3.8, 4) is 0 Å². The smallest absolute Gasteiger partial charge is 0.265 e. The fourth-order valence-electron chi connectivity index (χ4n) is 2.52. The molecule has 3 rings (SSSR count). The van der Waals surface area contributed by atoms with Gasteiger partial charge in [0.15, 0.2) is 0 Å². The molecule has 0 radical (unpaired) electrons. The van der Waals surface area contributed by atoms with Gasteiger partial charge in [0.1, 0.15) is 4.88 Å². The summed E-state index contributed by atoms with van der Waals surface area (Å²) in [6.07, 6.45) is 4.91. The summed E-state index contributed by atoms with van der Waals surface area (Å²) in [6, 6.07) is 0.0476. The van der Waals surface area contributed by atoms with E-state index in [0.717, 1.165) is 36.4 Å². The summed E-state index contributed by atoms with van der Waals surface area (Å²) >= 11 is 1.14. The molecule has 0 fully saturated rings. The molecule has 0 aliphatic heterocycles. The molecule has 1 aliphatic rings. The number of aromatic nitrogens is 4. The standard InChI is InChI=1S/C12H15N5OS/c1-7-11(19-16-15-7)12(18)14-9-4-3-5-10-8(9)6-13-17(10)2/h6,9H,3-5H2,1-2H3,(H,14,18)/t9-/m0/s1. The highest BCUT2D eigenvalue weighted by Gasteiger charge is 2.26. The number of fused-ring (bicyclic) bond motifs is 1. The summed E-state index contributed by atoms with van der Waals surface area (Å²) in [4.78, 5) is 12.8. The average molecular weight is 277 g/mol. The maximum Gasteiger partial charge on any atom is 0.265 e. The number of nitrogens with one attached hydrogen (secondary N) is 1. The van der Waals surface area contributed by atoms with Gasteiger partial charge in [-0.25, -0.2) is 0 Å². The highest BCUT2D eigenvalue weighted by atomic mass is 32.1. The van der Waals surface area contributed by atoms with Crippen LogP contribution in [0.4, 0.5) is 0 Å². The van der Waals surface area contributed by atoms with Gasteiger partial charge >= 0.3 is 0 Å². The van der Waals surface area contributed by atoms with Crippen LogP contribution in [0, 0.1) is 6.92 Å². The van der Waals surface area contributed by atoms with Gasteiger partial charge in [-0.05, 0) is 37.7 Å². The van der Waals surface area contributed by atoms with Gasteiger partial charge in [-0.15, -0.1) is 5.10 Å². The lowest BCUT2D eigenvalue weighted by molar-refractivity contribution is 0.0936. The Morgan fingerprint density at radius 1 is 1.58 bits per heavy atom. The van der Waals surface area contributed by atoms with Gasteiger partial charge in [-0.2, -0.15) is 5.10 Å². The second-order valence-electron chi connectivity index (χ2n) is 4.78. The van der Waals surface area contributed by atoms with Crippen molar-refractivity contribution in [2.75, 3.05) is 0 Å². The summed E-state index contributed by atoms with van der Waals surface area (Å²) in [5, 5.41) is 11.2. The molecule has 1 N–H and O–H groups in total. The van der Waals surface area contributed by atoms with E-state index in [-0.39, 0.29) is 11.9 Å². The average Bonchev–Trinajstić information content (AvgIpc) is 2.97. The third-order valence-electron chi connectivity index (χ3n) is 3.54. The van der Waals surface area contributed by atoms with Crippen molar-refractivity contribution >= 4 is 17.4 Å². The predicted molar refractivity (Wildman–Crippen MR) is 71.0 cm³/mol. The van der Waals surface area contributed by atoms with E-state index in [1.807, 2.05) is 17.9 Å². The van der Waals surface area contributed by atoms with Crippen LogP contribution in [0.5, 0.6) is 0 Å². The van der Waals surface area contributed by atoms with Gasteiger partial charge < -0.3 is 5.32 Å². The van der Waals surface area contributed by atoms with Gasteiger partial charge in [0.2, 0.25) is 0 Å². The van der Waals surface area contributed by atoms with E-state index in [2.05, 4.69) is 20.0 Å². The molecular formula is C12H15N5OS. The van der Waals surface area contributed by atoms with E-state index >= 15 is 0 Å². The van der Waals surface area contributed by atoms with Crippen LogP contribution in [0.25, 0.3) is 0 Å². The Bertz CT molecular complexity index is 617. The summed E-state index contributed by atoms with van der Waals surface area (Å²) in [7, 11) is 1.94. The molecule has 1 amide bonds. The first-order valence-electron chi connectivity index (χ1n) is 6.27. The third kappa shape index (κ3) is 2.14. The minimum Gasteiger partial charge on any atom is -0.344 e. The molecule has 0 saturated heterocycles. The quantitative estimate of drug-likeness (QED) is 0.900. The predicted octanol–water partition coefficient (Wildman–Crippen LogP) is 1.39. The zero-order chi connectivity index (χ0) is 13.4. The highest BCUT2D eigenvalue weighted by molar-refractivity contribution is 7.08. The maximum atomic E-state index is 12.2. The van der Waals surface area contributed by atoms with E-state index < -0.39 is 0 Å². The summed E-state index contributed by atoms with van der Waals surface area (Å²) in [5.74, 6) is -0.0887. The fraction of sp³-hybridized carbons (Fsp3) is 0.500. The van der Waals surface area contributed by atoms with Crippen LogP contribution in [-0.2, 0) is 13.5 Å². The Balaban J connectivity index is 1.82. The number of hydrogen-bond acceptors (Lipinski definition) is 5. The van der Waals surface area contributed by atoms with Crippen molar-refractivity contribution < 1.29 is 4.79 Å². The van der Waals surface area contributed by atoms with Crippen molar-refractivity contribution in [3.05, 3.63) is 28.0 Å².